The fraction of sp³-hybridized carbons (Fsp3) is 0.769. The van der Waals surface area contributed by atoms with Crippen LogP contribution in [0.25, 0.3) is 0 Å². The van der Waals surface area contributed by atoms with E-state index in [1.54, 1.807) is 0 Å². The van der Waals surface area contributed by atoms with Crippen LogP contribution in [0.5, 0.6) is 0 Å². The molecule has 0 aliphatic heterocycles. The SMILES string of the molecule is CCCNC(COCC)c1ccnn1CCC. The average molecular weight is 239 g/mol. The van der Waals surface area contributed by atoms with Gasteiger partial charge in [-0.2, -0.15) is 5.10 Å². The van der Waals surface area contributed by atoms with Gasteiger partial charge in [0.15, 0.2) is 0 Å². The second-order valence-corrected chi connectivity index (χ2v) is 4.15. The van der Waals surface area contributed by atoms with Crippen LogP contribution in [0.2, 0.25) is 0 Å². The first kappa shape index (κ1) is 14.2. The Bertz CT molecular complexity index is 291. The largest absolute Gasteiger partial charge is 0.380 e. The lowest BCUT2D eigenvalue weighted by Gasteiger charge is -2.19. The van der Waals surface area contributed by atoms with E-state index in [2.05, 4.69) is 35.0 Å². The predicted molar refractivity (Wildman–Crippen MR) is 70.0 cm³/mol. The Hall–Kier alpha value is -0.870. The molecule has 1 N–H and O–H groups in total. The summed E-state index contributed by atoms with van der Waals surface area (Å²) in [6.07, 6.45) is 4.10. The molecule has 98 valence electrons. The summed E-state index contributed by atoms with van der Waals surface area (Å²) < 4.78 is 7.62. The molecule has 17 heavy (non-hydrogen) atoms. The Morgan fingerprint density at radius 1 is 1.35 bits per heavy atom. The molecule has 0 bridgehead atoms. The Kier molecular flexibility index (Phi) is 6.89. The summed E-state index contributed by atoms with van der Waals surface area (Å²) in [5.41, 5.74) is 1.23. The van der Waals surface area contributed by atoms with E-state index in [-0.39, 0.29) is 6.04 Å². The molecule has 0 aliphatic rings. The lowest BCUT2D eigenvalue weighted by Crippen LogP contribution is -2.28. The zero-order valence-electron chi connectivity index (χ0n) is 11.3. The van der Waals surface area contributed by atoms with Gasteiger partial charge in [-0.15, -0.1) is 0 Å². The summed E-state index contributed by atoms with van der Waals surface area (Å²) in [4.78, 5) is 0. The third-order valence-electron chi connectivity index (χ3n) is 2.67. The molecule has 0 fully saturated rings. The van der Waals surface area contributed by atoms with Gasteiger partial charge in [-0.3, -0.25) is 4.68 Å². The molecule has 0 saturated heterocycles. The van der Waals surface area contributed by atoms with E-state index in [0.717, 1.165) is 32.5 Å². The highest BCUT2D eigenvalue weighted by molar-refractivity contribution is 5.07. The number of hydrogen-bond acceptors (Lipinski definition) is 3. The van der Waals surface area contributed by atoms with Gasteiger partial charge in [0.05, 0.1) is 18.3 Å². The van der Waals surface area contributed by atoms with E-state index in [1.165, 1.54) is 5.69 Å². The fourth-order valence-electron chi connectivity index (χ4n) is 1.84. The molecule has 0 radical (unpaired) electrons. The maximum atomic E-state index is 5.55. The van der Waals surface area contributed by atoms with Crippen molar-refractivity contribution < 1.29 is 4.74 Å². The zero-order chi connectivity index (χ0) is 12.5. The van der Waals surface area contributed by atoms with Crippen LogP contribution in [0.3, 0.4) is 0 Å². The molecule has 1 unspecified atom stereocenters. The monoisotopic (exact) mass is 239 g/mol. The first-order chi connectivity index (χ1) is 8.33. The Morgan fingerprint density at radius 2 is 2.18 bits per heavy atom. The van der Waals surface area contributed by atoms with Crippen LogP contribution in [0.1, 0.15) is 45.3 Å². The predicted octanol–water partition coefficient (Wildman–Crippen LogP) is 2.37. The van der Waals surface area contributed by atoms with Crippen molar-refractivity contribution in [3.05, 3.63) is 18.0 Å². The van der Waals surface area contributed by atoms with Crippen molar-refractivity contribution in [2.24, 2.45) is 0 Å². The van der Waals surface area contributed by atoms with Gasteiger partial charge >= 0.3 is 0 Å². The van der Waals surface area contributed by atoms with Crippen LogP contribution in [0.15, 0.2) is 12.3 Å². The minimum Gasteiger partial charge on any atom is -0.380 e. The third-order valence-corrected chi connectivity index (χ3v) is 2.67. The van der Waals surface area contributed by atoms with Gasteiger partial charge < -0.3 is 10.1 Å². The summed E-state index contributed by atoms with van der Waals surface area (Å²) in [6.45, 7) is 9.82. The van der Waals surface area contributed by atoms with E-state index < -0.39 is 0 Å². The van der Waals surface area contributed by atoms with E-state index >= 15 is 0 Å². The van der Waals surface area contributed by atoms with Crippen molar-refractivity contribution in [1.82, 2.24) is 15.1 Å². The molecule has 0 amide bonds. The van der Waals surface area contributed by atoms with Gasteiger partial charge in [-0.1, -0.05) is 13.8 Å². The second-order valence-electron chi connectivity index (χ2n) is 4.15. The van der Waals surface area contributed by atoms with Crippen molar-refractivity contribution in [1.29, 1.82) is 0 Å². The fourth-order valence-corrected chi connectivity index (χ4v) is 1.84. The van der Waals surface area contributed by atoms with Crippen molar-refractivity contribution in [3.8, 4) is 0 Å². The van der Waals surface area contributed by atoms with E-state index in [4.69, 9.17) is 4.74 Å². The number of nitrogens with one attached hydrogen (secondary N) is 1. The molecule has 4 heteroatoms. The van der Waals surface area contributed by atoms with Gasteiger partial charge in [0.25, 0.3) is 0 Å². The molecule has 1 aromatic rings. The number of ether oxygens (including phenoxy) is 1. The topological polar surface area (TPSA) is 39.1 Å². The normalized spacial score (nSPS) is 12.9. The first-order valence-corrected chi connectivity index (χ1v) is 6.66. The summed E-state index contributed by atoms with van der Waals surface area (Å²) in [7, 11) is 0. The Balaban J connectivity index is 2.68. The van der Waals surface area contributed by atoms with Crippen LogP contribution >= 0.6 is 0 Å². The average Bonchev–Trinajstić information content (AvgIpc) is 2.78. The molecule has 1 rings (SSSR count). The lowest BCUT2D eigenvalue weighted by atomic mass is 10.2. The highest BCUT2D eigenvalue weighted by Crippen LogP contribution is 2.13. The number of hydrogen-bond donors (Lipinski definition) is 1. The molecular weight excluding hydrogens is 214 g/mol. The molecular formula is C13H25N3O. The standard InChI is InChI=1S/C13H25N3O/c1-4-8-14-12(11-17-6-3)13-7-9-15-16(13)10-5-2/h7,9,12,14H,4-6,8,10-11H2,1-3H3. The third kappa shape index (κ3) is 4.48. The number of aromatic nitrogens is 2. The molecule has 1 heterocycles. The highest BCUT2D eigenvalue weighted by atomic mass is 16.5. The van der Waals surface area contributed by atoms with E-state index in [9.17, 15) is 0 Å². The van der Waals surface area contributed by atoms with Crippen LogP contribution in [-0.2, 0) is 11.3 Å². The summed E-state index contributed by atoms with van der Waals surface area (Å²) in [5, 5.41) is 7.88. The Morgan fingerprint density at radius 3 is 2.82 bits per heavy atom. The molecule has 1 atom stereocenters. The van der Waals surface area contributed by atoms with Gasteiger partial charge in [-0.05, 0) is 32.4 Å². The number of nitrogens with zero attached hydrogens (tertiary/aromatic N) is 2. The van der Waals surface area contributed by atoms with Crippen LogP contribution < -0.4 is 5.32 Å². The maximum absolute atomic E-state index is 5.55. The number of aryl methyl sites for hydroxylation is 1. The van der Waals surface area contributed by atoms with E-state index in [1.807, 2.05) is 13.1 Å². The van der Waals surface area contributed by atoms with Crippen molar-refractivity contribution in [2.75, 3.05) is 19.8 Å². The minimum absolute atomic E-state index is 0.254. The smallest absolute Gasteiger partial charge is 0.0729 e. The summed E-state index contributed by atoms with van der Waals surface area (Å²) >= 11 is 0. The van der Waals surface area contributed by atoms with Gasteiger partial charge in [0, 0.05) is 19.3 Å². The Labute approximate surface area is 104 Å². The van der Waals surface area contributed by atoms with Crippen molar-refractivity contribution in [3.63, 3.8) is 0 Å². The van der Waals surface area contributed by atoms with Gasteiger partial charge in [-0.25, -0.2) is 0 Å². The van der Waals surface area contributed by atoms with E-state index in [0.29, 0.717) is 6.61 Å². The minimum atomic E-state index is 0.254. The molecule has 0 aliphatic carbocycles. The molecule has 0 aromatic carbocycles. The summed E-state index contributed by atoms with van der Waals surface area (Å²) in [6, 6.07) is 2.34. The van der Waals surface area contributed by atoms with Crippen molar-refractivity contribution >= 4 is 0 Å². The lowest BCUT2D eigenvalue weighted by molar-refractivity contribution is 0.120. The molecule has 0 spiro atoms. The molecule has 4 nitrogen and oxygen atoms in total. The van der Waals surface area contributed by atoms with Gasteiger partial charge in [0.2, 0.25) is 0 Å². The zero-order valence-corrected chi connectivity index (χ0v) is 11.3. The molecule has 0 saturated carbocycles. The van der Waals surface area contributed by atoms with Crippen molar-refractivity contribution in [2.45, 2.75) is 46.2 Å². The van der Waals surface area contributed by atoms with Crippen LogP contribution in [0.4, 0.5) is 0 Å². The highest BCUT2D eigenvalue weighted by Gasteiger charge is 2.15. The quantitative estimate of drug-likeness (QED) is 0.719. The number of rotatable bonds is 9. The molecule has 1 aromatic heterocycles. The van der Waals surface area contributed by atoms with Gasteiger partial charge in [0.1, 0.15) is 0 Å². The first-order valence-electron chi connectivity index (χ1n) is 6.66. The van der Waals surface area contributed by atoms with Crippen LogP contribution in [-0.4, -0.2) is 29.5 Å². The van der Waals surface area contributed by atoms with Crippen LogP contribution in [0, 0.1) is 0 Å². The maximum Gasteiger partial charge on any atom is 0.0729 e. The summed E-state index contributed by atoms with van der Waals surface area (Å²) in [5.74, 6) is 0. The second kappa shape index (κ2) is 8.25.